The average Bonchev–Trinajstić information content (AvgIpc) is 0.927. The summed E-state index contributed by atoms with van der Waals surface area (Å²) in [5, 5.41) is 87.6. The molecule has 95 heavy (non-hydrogen) atoms. The number of hydrogen-bond acceptors (Lipinski definition) is 13. The number of carbonyl (C=O) groups excluding carboxylic acids is 1. The second kappa shape index (κ2) is 65.0. The number of ether oxygens (including phenoxy) is 4. The number of hydrogen-bond donors (Lipinski definition) is 9. The number of aliphatic hydroxyl groups is 8. The van der Waals surface area contributed by atoms with Gasteiger partial charge >= 0.3 is 0 Å². The Morgan fingerprint density at radius 1 is 0.379 bits per heavy atom. The summed E-state index contributed by atoms with van der Waals surface area (Å²) in [6.45, 7) is 2.81. The molecule has 1 amide bonds. The molecule has 2 aliphatic rings. The monoisotopic (exact) mass is 1340 g/mol. The molecule has 0 spiro atoms. The van der Waals surface area contributed by atoms with Crippen molar-refractivity contribution in [3.05, 3.63) is 60.8 Å². The topological polar surface area (TPSA) is 228 Å². The summed E-state index contributed by atoms with van der Waals surface area (Å²) in [5.74, 6) is -0.247. The zero-order chi connectivity index (χ0) is 68.7. The maximum absolute atomic E-state index is 13.4. The minimum Gasteiger partial charge on any atom is -0.394 e. The first-order valence-corrected chi connectivity index (χ1v) is 40.0. The maximum atomic E-state index is 13.4. The Morgan fingerprint density at radius 3 is 1.09 bits per heavy atom. The Kier molecular flexibility index (Phi) is 60.8. The molecule has 0 saturated carbocycles. The van der Waals surface area contributed by atoms with E-state index in [4.69, 9.17) is 18.9 Å². The number of amides is 1. The van der Waals surface area contributed by atoms with Crippen molar-refractivity contribution >= 4 is 5.91 Å². The van der Waals surface area contributed by atoms with Crippen molar-refractivity contribution in [3.63, 3.8) is 0 Å². The van der Waals surface area contributed by atoms with E-state index in [9.17, 15) is 45.6 Å². The first kappa shape index (κ1) is 88.8. The van der Waals surface area contributed by atoms with Gasteiger partial charge in [0.05, 0.1) is 32.0 Å². The van der Waals surface area contributed by atoms with Gasteiger partial charge in [-0.2, -0.15) is 0 Å². The third kappa shape index (κ3) is 48.2. The number of nitrogens with one attached hydrogen (secondary N) is 1. The smallest absolute Gasteiger partial charge is 0.220 e. The number of unbranched alkanes of at least 4 members (excludes halogenated alkanes) is 46. The van der Waals surface area contributed by atoms with Crippen LogP contribution in [0.1, 0.15) is 354 Å². The Morgan fingerprint density at radius 2 is 0.705 bits per heavy atom. The van der Waals surface area contributed by atoms with Gasteiger partial charge in [0.2, 0.25) is 5.91 Å². The zero-order valence-corrected chi connectivity index (χ0v) is 60.9. The van der Waals surface area contributed by atoms with Gasteiger partial charge in [0.25, 0.3) is 0 Å². The van der Waals surface area contributed by atoms with E-state index < -0.39 is 86.8 Å². The molecule has 0 bridgehead atoms. The lowest BCUT2D eigenvalue weighted by Gasteiger charge is -2.46. The van der Waals surface area contributed by atoms with Gasteiger partial charge in [-0.25, -0.2) is 0 Å². The van der Waals surface area contributed by atoms with Gasteiger partial charge in [0.1, 0.15) is 48.8 Å². The van der Waals surface area contributed by atoms with Crippen LogP contribution in [0.2, 0.25) is 0 Å². The molecule has 2 rings (SSSR count). The van der Waals surface area contributed by atoms with Crippen LogP contribution >= 0.6 is 0 Å². The van der Waals surface area contributed by atoms with E-state index in [0.29, 0.717) is 12.8 Å². The summed E-state index contributed by atoms with van der Waals surface area (Å²) in [6, 6.07) is -0.940. The summed E-state index contributed by atoms with van der Waals surface area (Å²) >= 11 is 0. The third-order valence-electron chi connectivity index (χ3n) is 19.4. The third-order valence-corrected chi connectivity index (χ3v) is 19.4. The Labute approximate surface area is 581 Å². The van der Waals surface area contributed by atoms with Crippen LogP contribution in [0, 0.1) is 0 Å². The molecule has 2 aliphatic heterocycles. The molecule has 12 atom stereocenters. The molecule has 14 nitrogen and oxygen atoms in total. The van der Waals surface area contributed by atoms with E-state index in [1.165, 1.54) is 270 Å². The molecule has 0 aromatic heterocycles. The first-order valence-electron chi connectivity index (χ1n) is 40.0. The van der Waals surface area contributed by atoms with E-state index >= 15 is 0 Å². The zero-order valence-electron chi connectivity index (χ0n) is 60.9. The fraction of sp³-hybridized carbons (Fsp3) is 0.864. The number of allylic oxidation sites excluding steroid dienone is 9. The fourth-order valence-electron chi connectivity index (χ4n) is 13.1. The molecule has 0 radical (unpaired) electrons. The Balaban J connectivity index is 1.61. The lowest BCUT2D eigenvalue weighted by molar-refractivity contribution is -0.359. The molecule has 2 fully saturated rings. The van der Waals surface area contributed by atoms with E-state index in [-0.39, 0.29) is 18.9 Å². The standard InChI is InChI=1S/C81H149NO13/c1-3-5-7-9-11-13-15-17-19-21-23-25-27-29-30-31-32-33-34-35-36-37-38-39-40-41-43-45-47-49-51-53-55-57-59-61-63-65-73(86)82-69(68-92-80-78(91)76(89)79(72(67-84)94-80)95-81-77(90)75(88)74(87)71(66-83)93-81)70(85)64-62-60-58-56-54-52-50-48-46-44-42-28-26-24-22-20-18-16-14-12-10-8-6-4-2/h15,17,21,23,46,48,54,56,62,64,69-72,74-81,83-85,87-91H,3-14,16,18-20,22,24-45,47,49-53,55,57-61,63,65-68H2,1-2H3,(H,82,86)/b17-15-,23-21-,48-46+,56-54+,64-62+. The van der Waals surface area contributed by atoms with Gasteiger partial charge in [0.15, 0.2) is 12.6 Å². The van der Waals surface area contributed by atoms with Crippen LogP contribution < -0.4 is 5.32 Å². The second-order valence-electron chi connectivity index (χ2n) is 28.2. The number of carbonyl (C=O) groups is 1. The van der Waals surface area contributed by atoms with Crippen LogP contribution in [0.5, 0.6) is 0 Å². The van der Waals surface area contributed by atoms with Gasteiger partial charge in [-0.3, -0.25) is 4.79 Å². The van der Waals surface area contributed by atoms with Crippen LogP contribution in [-0.2, 0) is 23.7 Å². The van der Waals surface area contributed by atoms with Crippen molar-refractivity contribution in [2.75, 3.05) is 19.8 Å². The SMILES string of the molecule is CCCCCCC/C=C\C/C=C\CCCCCCCCCCCCCCCCCCCCCCCCCCCC(=O)NC(COC1OC(CO)C(OC2OC(CO)C(O)C(O)C2O)C(O)C1O)C(O)/C=C/CC/C=C/CC/C=C/CCCCCCCCCCCCCCCC. The lowest BCUT2D eigenvalue weighted by Crippen LogP contribution is -2.65. The summed E-state index contributed by atoms with van der Waals surface area (Å²) in [4.78, 5) is 13.4. The Hall–Kier alpha value is -2.31. The predicted molar refractivity (Wildman–Crippen MR) is 392 cm³/mol. The predicted octanol–water partition coefficient (Wildman–Crippen LogP) is 18.0. The van der Waals surface area contributed by atoms with Gasteiger partial charge in [-0.15, -0.1) is 0 Å². The average molecular weight is 1350 g/mol. The van der Waals surface area contributed by atoms with E-state index in [1.807, 2.05) is 6.08 Å². The quantitative estimate of drug-likeness (QED) is 0.0204. The van der Waals surface area contributed by atoms with Crippen LogP contribution in [0.3, 0.4) is 0 Å². The van der Waals surface area contributed by atoms with Crippen molar-refractivity contribution in [1.29, 1.82) is 0 Å². The largest absolute Gasteiger partial charge is 0.394 e. The van der Waals surface area contributed by atoms with E-state index in [0.717, 1.165) is 51.4 Å². The van der Waals surface area contributed by atoms with E-state index in [2.05, 4.69) is 67.8 Å². The second-order valence-corrected chi connectivity index (χ2v) is 28.2. The molecule has 14 heteroatoms. The molecule has 2 saturated heterocycles. The highest BCUT2D eigenvalue weighted by atomic mass is 16.7. The number of aliphatic hydroxyl groups excluding tert-OH is 8. The maximum Gasteiger partial charge on any atom is 0.220 e. The summed E-state index contributed by atoms with van der Waals surface area (Å²) in [6.07, 6.45) is 71.7. The molecule has 0 aromatic rings. The van der Waals surface area contributed by atoms with Crippen LogP contribution in [0.15, 0.2) is 60.8 Å². The van der Waals surface area contributed by atoms with Gasteiger partial charge in [-0.05, 0) is 77.0 Å². The highest BCUT2D eigenvalue weighted by molar-refractivity contribution is 5.76. The minimum atomic E-state index is -1.79. The molecule has 556 valence electrons. The van der Waals surface area contributed by atoms with Crippen molar-refractivity contribution in [3.8, 4) is 0 Å². The Bertz CT molecular complexity index is 1830. The molecule has 12 unspecified atom stereocenters. The normalized spacial score (nSPS) is 22.6. The highest BCUT2D eigenvalue weighted by Crippen LogP contribution is 2.30. The molecule has 2 heterocycles. The van der Waals surface area contributed by atoms with Gasteiger partial charge < -0.3 is 65.1 Å². The minimum absolute atomic E-state index is 0.247. The van der Waals surface area contributed by atoms with Crippen LogP contribution in [-0.4, -0.2) is 140 Å². The first-order chi connectivity index (χ1) is 46.6. The van der Waals surface area contributed by atoms with Gasteiger partial charge in [0, 0.05) is 6.42 Å². The van der Waals surface area contributed by atoms with Crippen molar-refractivity contribution < 1.29 is 64.6 Å². The van der Waals surface area contributed by atoms with Crippen molar-refractivity contribution in [2.45, 2.75) is 428 Å². The molecule has 0 aromatic carbocycles. The molecule has 0 aliphatic carbocycles. The molecule has 9 N–H and O–H groups in total. The fourth-order valence-corrected chi connectivity index (χ4v) is 13.1. The highest BCUT2D eigenvalue weighted by Gasteiger charge is 2.51. The van der Waals surface area contributed by atoms with Crippen molar-refractivity contribution in [2.24, 2.45) is 0 Å². The van der Waals surface area contributed by atoms with Crippen LogP contribution in [0.4, 0.5) is 0 Å². The van der Waals surface area contributed by atoms with Gasteiger partial charge in [-0.1, -0.05) is 331 Å². The summed E-state index contributed by atoms with van der Waals surface area (Å²) in [7, 11) is 0. The van der Waals surface area contributed by atoms with Crippen LogP contribution in [0.25, 0.3) is 0 Å². The summed E-state index contributed by atoms with van der Waals surface area (Å²) < 4.78 is 22.9. The number of rotatable bonds is 67. The lowest BCUT2D eigenvalue weighted by atomic mass is 9.97. The summed E-state index contributed by atoms with van der Waals surface area (Å²) in [5.41, 5.74) is 0. The molecular weight excluding hydrogens is 1190 g/mol. The van der Waals surface area contributed by atoms with E-state index in [1.54, 1.807) is 6.08 Å². The van der Waals surface area contributed by atoms with Crippen molar-refractivity contribution in [1.82, 2.24) is 5.32 Å². The molecular formula is C81H149NO13.